The van der Waals surface area contributed by atoms with Crippen molar-refractivity contribution in [1.82, 2.24) is 30.0 Å². The molecule has 9 heteroatoms. The van der Waals surface area contributed by atoms with Gasteiger partial charge in [0.2, 0.25) is 0 Å². The number of aryl methyl sites for hydroxylation is 1. The van der Waals surface area contributed by atoms with Crippen molar-refractivity contribution in [2.45, 2.75) is 19.4 Å². The molecule has 0 aliphatic carbocycles. The molecule has 0 saturated carbocycles. The van der Waals surface area contributed by atoms with Crippen molar-refractivity contribution in [2.75, 3.05) is 0 Å². The van der Waals surface area contributed by atoms with Gasteiger partial charge in [-0.2, -0.15) is 10.4 Å². The van der Waals surface area contributed by atoms with Crippen molar-refractivity contribution >= 4 is 39.6 Å². The Bertz CT molecular complexity index is 1250. The fourth-order valence-corrected chi connectivity index (χ4v) is 3.25. The summed E-state index contributed by atoms with van der Waals surface area (Å²) in [6.45, 7) is 1.78. The zero-order valence-corrected chi connectivity index (χ0v) is 15.9. The number of rotatable bonds is 4. The molecule has 1 aromatic carbocycles. The Hall–Kier alpha value is -3.44. The van der Waals surface area contributed by atoms with Crippen LogP contribution in [0.1, 0.15) is 23.7 Å². The number of benzene rings is 1. The fraction of sp³-hybridized carbons (Fsp3) is 0.211. The van der Waals surface area contributed by atoms with Gasteiger partial charge in [-0.3, -0.25) is 9.48 Å². The minimum atomic E-state index is -0.307. The average molecular weight is 394 g/mol. The molecule has 28 heavy (non-hydrogen) atoms. The number of hydrogen-bond acceptors (Lipinski definition) is 5. The Morgan fingerprint density at radius 3 is 3.07 bits per heavy atom. The molecule has 3 aromatic heterocycles. The summed E-state index contributed by atoms with van der Waals surface area (Å²) >= 11 is 6.09. The average Bonchev–Trinajstić information content (AvgIpc) is 3.22. The number of nitrogens with zero attached hydrogens (tertiary/aromatic N) is 5. The highest BCUT2D eigenvalue weighted by molar-refractivity contribution is 6.31. The topological polar surface area (TPSA) is 112 Å². The zero-order valence-electron chi connectivity index (χ0n) is 15.2. The quantitative estimate of drug-likeness (QED) is 0.552. The molecular weight excluding hydrogens is 378 g/mol. The first-order valence-electron chi connectivity index (χ1n) is 8.62. The number of hydrogen-bond donors (Lipinski definition) is 2. The smallest absolute Gasteiger partial charge is 0.255 e. The van der Waals surface area contributed by atoms with Gasteiger partial charge in [-0.1, -0.05) is 11.6 Å². The lowest BCUT2D eigenvalue weighted by Gasteiger charge is -2.09. The molecule has 0 unspecified atom stereocenters. The van der Waals surface area contributed by atoms with Crippen molar-refractivity contribution in [1.29, 1.82) is 5.26 Å². The van der Waals surface area contributed by atoms with Gasteiger partial charge in [0, 0.05) is 29.7 Å². The molecule has 1 amide bonds. The summed E-state index contributed by atoms with van der Waals surface area (Å²) in [5.74, 6) is -0.307. The molecule has 0 aliphatic heterocycles. The molecule has 140 valence electrons. The van der Waals surface area contributed by atoms with Crippen LogP contribution in [0.2, 0.25) is 5.02 Å². The van der Waals surface area contributed by atoms with E-state index in [2.05, 4.69) is 25.4 Å². The summed E-state index contributed by atoms with van der Waals surface area (Å²) in [6, 6.07) is 7.30. The summed E-state index contributed by atoms with van der Waals surface area (Å²) in [5.41, 5.74) is 3.42. The summed E-state index contributed by atoms with van der Waals surface area (Å²) in [6.07, 6.45) is 3.42. The third kappa shape index (κ3) is 3.06. The number of nitriles is 1. The van der Waals surface area contributed by atoms with Gasteiger partial charge in [0.25, 0.3) is 5.91 Å². The van der Waals surface area contributed by atoms with E-state index in [1.165, 1.54) is 0 Å². The Kier molecular flexibility index (Phi) is 4.45. The number of aromatic amines is 1. The maximum atomic E-state index is 12.6. The highest BCUT2D eigenvalue weighted by Gasteiger charge is 2.19. The Labute approximate surface area is 165 Å². The lowest BCUT2D eigenvalue weighted by molar-refractivity contribution is 0.0942. The first-order valence-corrected chi connectivity index (χ1v) is 9.00. The minimum Gasteiger partial charge on any atom is -0.348 e. The van der Waals surface area contributed by atoms with Crippen LogP contribution in [0.25, 0.3) is 33.5 Å². The number of carbonyl (C=O) groups excluding carboxylic acids is 1. The number of carbonyl (C=O) groups is 1. The summed E-state index contributed by atoms with van der Waals surface area (Å²) in [7, 11) is 1.83. The second-order valence-corrected chi connectivity index (χ2v) is 6.96. The van der Waals surface area contributed by atoms with Gasteiger partial charge in [-0.15, -0.1) is 0 Å². The number of aromatic nitrogens is 5. The van der Waals surface area contributed by atoms with Crippen LogP contribution in [-0.2, 0) is 7.05 Å². The highest BCUT2D eigenvalue weighted by Crippen LogP contribution is 2.29. The van der Waals surface area contributed by atoms with Crippen LogP contribution < -0.4 is 5.32 Å². The zero-order chi connectivity index (χ0) is 19.8. The highest BCUT2D eigenvalue weighted by atomic mass is 35.5. The number of amides is 1. The third-order valence-electron chi connectivity index (χ3n) is 4.46. The molecule has 0 bridgehead atoms. The molecule has 0 saturated heterocycles. The maximum absolute atomic E-state index is 12.6. The van der Waals surface area contributed by atoms with Crippen LogP contribution in [-0.4, -0.2) is 36.7 Å². The Balaban J connectivity index is 1.79. The van der Waals surface area contributed by atoms with E-state index in [0.717, 1.165) is 10.9 Å². The summed E-state index contributed by atoms with van der Waals surface area (Å²) in [5, 5.41) is 17.6. The third-order valence-corrected chi connectivity index (χ3v) is 4.69. The van der Waals surface area contributed by atoms with E-state index in [-0.39, 0.29) is 18.4 Å². The maximum Gasteiger partial charge on any atom is 0.255 e. The molecule has 4 aromatic rings. The number of fused-ring (bicyclic) bond motifs is 2. The van der Waals surface area contributed by atoms with E-state index in [9.17, 15) is 4.79 Å². The minimum absolute atomic E-state index is 0.230. The van der Waals surface area contributed by atoms with Crippen LogP contribution in [0.3, 0.4) is 0 Å². The van der Waals surface area contributed by atoms with Crippen LogP contribution >= 0.6 is 11.6 Å². The normalized spacial score (nSPS) is 12.2. The van der Waals surface area contributed by atoms with E-state index in [1.54, 1.807) is 30.1 Å². The molecule has 0 spiro atoms. The second kappa shape index (κ2) is 6.94. The van der Waals surface area contributed by atoms with Gasteiger partial charge >= 0.3 is 0 Å². The fourth-order valence-electron chi connectivity index (χ4n) is 3.09. The molecule has 0 radical (unpaired) electrons. The van der Waals surface area contributed by atoms with Crippen molar-refractivity contribution in [3.8, 4) is 17.5 Å². The number of halogens is 1. The van der Waals surface area contributed by atoms with Gasteiger partial charge in [-0.05, 0) is 25.1 Å². The standard InChI is InChI=1S/C19H16ClN7O/c1-10(5-6-21)24-19(28)13-8-22-18-17(13)25-14(9-23-18)16-12-4-3-11(20)7-15(12)27(2)26-16/h3-4,7-10H,5H2,1-2H3,(H,22,23)(H,24,28)/t10-/m0/s1. The van der Waals surface area contributed by atoms with E-state index >= 15 is 0 Å². The van der Waals surface area contributed by atoms with Crippen molar-refractivity contribution in [3.63, 3.8) is 0 Å². The van der Waals surface area contributed by atoms with Gasteiger partial charge in [0.05, 0.1) is 29.8 Å². The van der Waals surface area contributed by atoms with Gasteiger partial charge < -0.3 is 10.3 Å². The molecule has 1 atom stereocenters. The monoisotopic (exact) mass is 393 g/mol. The molecule has 4 rings (SSSR count). The number of nitrogens with one attached hydrogen (secondary N) is 2. The second-order valence-electron chi connectivity index (χ2n) is 6.53. The Morgan fingerprint density at radius 1 is 1.46 bits per heavy atom. The predicted molar refractivity (Wildman–Crippen MR) is 106 cm³/mol. The van der Waals surface area contributed by atoms with Crippen molar-refractivity contribution < 1.29 is 4.79 Å². The van der Waals surface area contributed by atoms with Crippen LogP contribution in [0.4, 0.5) is 0 Å². The lowest BCUT2D eigenvalue weighted by atomic mass is 10.1. The van der Waals surface area contributed by atoms with Crippen LogP contribution in [0, 0.1) is 11.3 Å². The van der Waals surface area contributed by atoms with E-state index < -0.39 is 0 Å². The molecule has 0 fully saturated rings. The van der Waals surface area contributed by atoms with Gasteiger partial charge in [0.1, 0.15) is 16.9 Å². The van der Waals surface area contributed by atoms with Crippen molar-refractivity contribution in [3.05, 3.63) is 41.2 Å². The lowest BCUT2D eigenvalue weighted by Crippen LogP contribution is -2.32. The summed E-state index contributed by atoms with van der Waals surface area (Å²) < 4.78 is 1.73. The molecule has 0 aliphatic rings. The SMILES string of the molecule is C[C@@H](CC#N)NC(=O)c1c[nH]c2ncc(-c3nn(C)c4cc(Cl)ccc34)nc12. The summed E-state index contributed by atoms with van der Waals surface area (Å²) in [4.78, 5) is 24.5. The molecule has 3 heterocycles. The predicted octanol–water partition coefficient (Wildman–Crippen LogP) is 3.20. The van der Waals surface area contributed by atoms with Crippen LogP contribution in [0.15, 0.2) is 30.6 Å². The first-order chi connectivity index (χ1) is 13.5. The van der Waals surface area contributed by atoms with E-state index in [0.29, 0.717) is 33.1 Å². The number of H-pyrrole nitrogens is 1. The largest absolute Gasteiger partial charge is 0.348 e. The van der Waals surface area contributed by atoms with Crippen molar-refractivity contribution in [2.24, 2.45) is 7.05 Å². The molecular formula is C19H16ClN7O. The van der Waals surface area contributed by atoms with Crippen LogP contribution in [0.5, 0.6) is 0 Å². The molecule has 2 N–H and O–H groups in total. The first kappa shape index (κ1) is 17.9. The Morgan fingerprint density at radius 2 is 2.29 bits per heavy atom. The molecule has 8 nitrogen and oxygen atoms in total. The van der Waals surface area contributed by atoms with E-state index in [1.807, 2.05) is 25.2 Å². The van der Waals surface area contributed by atoms with Gasteiger partial charge in [-0.25, -0.2) is 9.97 Å². The van der Waals surface area contributed by atoms with E-state index in [4.69, 9.17) is 16.9 Å². The van der Waals surface area contributed by atoms with Gasteiger partial charge in [0.15, 0.2) is 5.65 Å².